The predicted molar refractivity (Wildman–Crippen MR) is 77.7 cm³/mol. The Bertz CT molecular complexity index is 543. The fourth-order valence-corrected chi connectivity index (χ4v) is 3.35. The topological polar surface area (TPSA) is 0 Å². The Balaban J connectivity index is 2.43. The first-order valence-electron chi connectivity index (χ1n) is 5.46. The maximum absolute atomic E-state index is 6.54. The number of aryl methyl sites for hydroxylation is 3. The first kappa shape index (κ1) is 12.9. The molecule has 0 N–H and O–H groups in total. The van der Waals surface area contributed by atoms with Gasteiger partial charge in [0, 0.05) is 14.8 Å². The van der Waals surface area contributed by atoms with Gasteiger partial charge in [-0.2, -0.15) is 0 Å². The zero-order valence-corrected chi connectivity index (χ0v) is 12.4. The first-order chi connectivity index (χ1) is 7.99. The second-order valence-corrected chi connectivity index (χ2v) is 6.43. The zero-order valence-electron chi connectivity index (χ0n) is 10.1. The Labute approximate surface area is 116 Å². The van der Waals surface area contributed by atoms with Crippen LogP contribution >= 0.6 is 34.5 Å². The van der Waals surface area contributed by atoms with E-state index in [9.17, 15) is 0 Å². The van der Waals surface area contributed by atoms with Gasteiger partial charge in [-0.15, -0.1) is 22.9 Å². The summed E-state index contributed by atoms with van der Waals surface area (Å²) >= 11 is 14.4. The molecule has 3 heteroatoms. The van der Waals surface area contributed by atoms with E-state index in [4.69, 9.17) is 23.2 Å². The van der Waals surface area contributed by atoms with Gasteiger partial charge >= 0.3 is 0 Å². The van der Waals surface area contributed by atoms with Crippen LogP contribution in [-0.2, 0) is 0 Å². The van der Waals surface area contributed by atoms with Crippen molar-refractivity contribution in [1.82, 2.24) is 0 Å². The van der Waals surface area contributed by atoms with Crippen molar-refractivity contribution in [2.75, 3.05) is 0 Å². The molecule has 0 aliphatic rings. The summed E-state index contributed by atoms with van der Waals surface area (Å²) in [5.41, 5.74) is 3.37. The molecule has 1 heterocycles. The van der Waals surface area contributed by atoms with Crippen LogP contribution in [0.15, 0.2) is 24.3 Å². The molecule has 2 aromatic rings. The number of hydrogen-bond donors (Lipinski definition) is 0. The Hall–Kier alpha value is -0.500. The highest BCUT2D eigenvalue weighted by Crippen LogP contribution is 2.36. The van der Waals surface area contributed by atoms with Crippen molar-refractivity contribution in [3.8, 4) is 0 Å². The van der Waals surface area contributed by atoms with Gasteiger partial charge in [-0.05, 0) is 55.7 Å². The number of alkyl halides is 1. The summed E-state index contributed by atoms with van der Waals surface area (Å²) in [6.45, 7) is 6.16. The van der Waals surface area contributed by atoms with Gasteiger partial charge in [0.1, 0.15) is 0 Å². The van der Waals surface area contributed by atoms with Crippen molar-refractivity contribution in [1.29, 1.82) is 0 Å². The van der Waals surface area contributed by atoms with Gasteiger partial charge in [-0.25, -0.2) is 0 Å². The molecule has 17 heavy (non-hydrogen) atoms. The number of halogens is 2. The van der Waals surface area contributed by atoms with Crippen LogP contribution in [0.3, 0.4) is 0 Å². The molecule has 0 aliphatic heterocycles. The van der Waals surface area contributed by atoms with E-state index in [1.165, 1.54) is 9.75 Å². The fraction of sp³-hybridized carbons (Fsp3) is 0.286. The lowest BCUT2D eigenvalue weighted by Crippen LogP contribution is -1.95. The summed E-state index contributed by atoms with van der Waals surface area (Å²) in [5, 5.41) is 0.724. The molecular formula is C14H14Cl2S. The van der Waals surface area contributed by atoms with E-state index in [0.29, 0.717) is 0 Å². The average Bonchev–Trinajstić information content (AvgIpc) is 2.69. The van der Waals surface area contributed by atoms with E-state index in [-0.39, 0.29) is 5.38 Å². The van der Waals surface area contributed by atoms with Crippen molar-refractivity contribution < 1.29 is 0 Å². The van der Waals surface area contributed by atoms with Gasteiger partial charge < -0.3 is 0 Å². The largest absolute Gasteiger partial charge is 0.144 e. The summed E-state index contributed by atoms with van der Waals surface area (Å²) < 4.78 is 0. The maximum Gasteiger partial charge on any atom is 0.0930 e. The lowest BCUT2D eigenvalue weighted by atomic mass is 10.0. The standard InChI is InChI=1S/C14H14Cl2S/c1-8-7-12(15)9(2)6-11(8)14(16)13-5-4-10(3)17-13/h4-7,14H,1-3H3. The van der Waals surface area contributed by atoms with Crippen molar-refractivity contribution in [3.05, 3.63) is 55.7 Å². The molecule has 1 atom stereocenters. The highest BCUT2D eigenvalue weighted by Gasteiger charge is 2.16. The monoisotopic (exact) mass is 284 g/mol. The van der Waals surface area contributed by atoms with E-state index in [2.05, 4.69) is 32.0 Å². The van der Waals surface area contributed by atoms with Crippen LogP contribution in [0.1, 0.15) is 31.8 Å². The third kappa shape index (κ3) is 2.67. The van der Waals surface area contributed by atoms with E-state index in [1.54, 1.807) is 11.3 Å². The lowest BCUT2D eigenvalue weighted by molar-refractivity contribution is 1.13. The Kier molecular flexibility index (Phi) is 3.82. The SMILES string of the molecule is Cc1ccc(C(Cl)c2cc(C)c(Cl)cc2C)s1. The molecule has 0 saturated carbocycles. The molecule has 0 amide bonds. The summed E-state index contributed by atoms with van der Waals surface area (Å²) in [5.74, 6) is 0. The lowest BCUT2D eigenvalue weighted by Gasteiger charge is -2.13. The van der Waals surface area contributed by atoms with Crippen LogP contribution in [-0.4, -0.2) is 0 Å². The molecule has 0 saturated heterocycles. The molecule has 0 radical (unpaired) electrons. The molecule has 0 bridgehead atoms. The number of hydrogen-bond acceptors (Lipinski definition) is 1. The summed E-state index contributed by atoms with van der Waals surface area (Å²) in [7, 11) is 0. The Morgan fingerprint density at radius 3 is 2.35 bits per heavy atom. The second-order valence-electron chi connectivity index (χ2n) is 4.27. The van der Waals surface area contributed by atoms with Crippen molar-refractivity contribution in [2.24, 2.45) is 0 Å². The van der Waals surface area contributed by atoms with Gasteiger partial charge in [0.05, 0.1) is 5.38 Å². The number of rotatable bonds is 2. The van der Waals surface area contributed by atoms with Crippen LogP contribution in [0.5, 0.6) is 0 Å². The van der Waals surface area contributed by atoms with Crippen LogP contribution in [0, 0.1) is 20.8 Å². The minimum Gasteiger partial charge on any atom is -0.144 e. The fourth-order valence-electron chi connectivity index (χ4n) is 1.82. The van der Waals surface area contributed by atoms with E-state index >= 15 is 0 Å². The minimum atomic E-state index is -0.0790. The first-order valence-corrected chi connectivity index (χ1v) is 7.09. The third-order valence-electron chi connectivity index (χ3n) is 2.83. The Morgan fingerprint density at radius 1 is 1.06 bits per heavy atom. The van der Waals surface area contributed by atoms with Crippen LogP contribution in [0.25, 0.3) is 0 Å². The molecule has 1 aromatic carbocycles. The van der Waals surface area contributed by atoms with Crippen LogP contribution in [0.2, 0.25) is 5.02 Å². The maximum atomic E-state index is 6.54. The van der Waals surface area contributed by atoms with Crippen LogP contribution < -0.4 is 0 Å². The molecule has 0 nitrogen and oxygen atoms in total. The highest BCUT2D eigenvalue weighted by molar-refractivity contribution is 7.12. The van der Waals surface area contributed by atoms with Gasteiger partial charge in [0.2, 0.25) is 0 Å². The third-order valence-corrected chi connectivity index (χ3v) is 4.90. The van der Waals surface area contributed by atoms with Crippen LogP contribution in [0.4, 0.5) is 0 Å². The van der Waals surface area contributed by atoms with Gasteiger partial charge in [0.25, 0.3) is 0 Å². The summed E-state index contributed by atoms with van der Waals surface area (Å²) in [6, 6.07) is 8.28. The van der Waals surface area contributed by atoms with Crippen molar-refractivity contribution in [2.45, 2.75) is 26.1 Å². The molecule has 90 valence electrons. The van der Waals surface area contributed by atoms with Gasteiger partial charge in [-0.1, -0.05) is 17.7 Å². The second kappa shape index (κ2) is 5.01. The molecule has 0 aliphatic carbocycles. The van der Waals surface area contributed by atoms with E-state index in [0.717, 1.165) is 21.7 Å². The molecule has 2 rings (SSSR count). The predicted octanol–water partition coefficient (Wildman–Crippen LogP) is 5.65. The quantitative estimate of drug-likeness (QED) is 0.625. The molecule has 0 spiro atoms. The van der Waals surface area contributed by atoms with E-state index < -0.39 is 0 Å². The van der Waals surface area contributed by atoms with Gasteiger partial charge in [0.15, 0.2) is 0 Å². The Morgan fingerprint density at radius 2 is 1.76 bits per heavy atom. The number of benzene rings is 1. The molecule has 1 aromatic heterocycles. The smallest absolute Gasteiger partial charge is 0.0930 e. The molecular weight excluding hydrogens is 271 g/mol. The summed E-state index contributed by atoms with van der Waals surface area (Å²) in [4.78, 5) is 2.47. The van der Waals surface area contributed by atoms with Crippen molar-refractivity contribution in [3.63, 3.8) is 0 Å². The molecule has 1 unspecified atom stereocenters. The van der Waals surface area contributed by atoms with E-state index in [1.807, 2.05) is 13.0 Å². The van der Waals surface area contributed by atoms with Gasteiger partial charge in [-0.3, -0.25) is 0 Å². The molecule has 0 fully saturated rings. The highest BCUT2D eigenvalue weighted by atomic mass is 35.5. The number of thiophene rings is 1. The minimum absolute atomic E-state index is 0.0790. The van der Waals surface area contributed by atoms with Crippen molar-refractivity contribution >= 4 is 34.5 Å². The summed E-state index contributed by atoms with van der Waals surface area (Å²) in [6.07, 6.45) is 0. The normalized spacial score (nSPS) is 12.8. The average molecular weight is 285 g/mol. The zero-order chi connectivity index (χ0) is 12.6.